The van der Waals surface area contributed by atoms with Gasteiger partial charge in [0.1, 0.15) is 0 Å². The fraction of sp³-hybridized carbons (Fsp3) is 0.789. The quantitative estimate of drug-likeness (QED) is 0.222. The fourth-order valence-electron chi connectivity index (χ4n) is 3.56. The summed E-state index contributed by atoms with van der Waals surface area (Å²) in [6, 6.07) is 0.772. The molecular formula is C19H37IN6. The number of aromatic amines is 1. The molecule has 7 heteroatoms. The highest BCUT2D eigenvalue weighted by Crippen LogP contribution is 2.18. The van der Waals surface area contributed by atoms with E-state index in [-0.39, 0.29) is 24.0 Å². The Labute approximate surface area is 176 Å². The van der Waals surface area contributed by atoms with Gasteiger partial charge in [-0.25, -0.2) is 0 Å². The zero-order valence-corrected chi connectivity index (χ0v) is 19.0. The van der Waals surface area contributed by atoms with E-state index in [1.165, 1.54) is 43.5 Å². The SMILES string of the molecule is CCNC(=NCCCc1cn[nH]c1C)NCCN1CCCCC1CC.I. The monoisotopic (exact) mass is 476 g/mol. The minimum atomic E-state index is 0. The van der Waals surface area contributed by atoms with Crippen LogP contribution in [-0.4, -0.2) is 59.8 Å². The van der Waals surface area contributed by atoms with E-state index in [1.807, 2.05) is 6.20 Å². The van der Waals surface area contributed by atoms with Crippen LogP contribution in [0.4, 0.5) is 0 Å². The predicted octanol–water partition coefficient (Wildman–Crippen LogP) is 3.09. The van der Waals surface area contributed by atoms with Crippen LogP contribution >= 0.6 is 24.0 Å². The van der Waals surface area contributed by atoms with Crippen molar-refractivity contribution in [2.24, 2.45) is 4.99 Å². The molecule has 26 heavy (non-hydrogen) atoms. The van der Waals surface area contributed by atoms with E-state index in [4.69, 9.17) is 4.99 Å². The van der Waals surface area contributed by atoms with E-state index >= 15 is 0 Å². The molecule has 1 aliphatic heterocycles. The summed E-state index contributed by atoms with van der Waals surface area (Å²) < 4.78 is 0. The molecule has 0 spiro atoms. The Kier molecular flexibility index (Phi) is 11.9. The molecule has 0 bridgehead atoms. The number of nitrogens with zero attached hydrogens (tertiary/aromatic N) is 3. The van der Waals surface area contributed by atoms with Gasteiger partial charge in [0.15, 0.2) is 5.96 Å². The van der Waals surface area contributed by atoms with Crippen LogP contribution in [0.15, 0.2) is 11.2 Å². The van der Waals surface area contributed by atoms with Crippen molar-refractivity contribution in [1.82, 2.24) is 25.7 Å². The molecule has 0 amide bonds. The number of halogens is 1. The molecule has 1 atom stereocenters. The van der Waals surface area contributed by atoms with Gasteiger partial charge < -0.3 is 10.6 Å². The first-order valence-electron chi connectivity index (χ1n) is 9.99. The molecule has 1 fully saturated rings. The maximum absolute atomic E-state index is 4.71. The third kappa shape index (κ3) is 7.82. The lowest BCUT2D eigenvalue weighted by Crippen LogP contribution is -2.46. The molecule has 6 nitrogen and oxygen atoms in total. The van der Waals surface area contributed by atoms with Gasteiger partial charge in [0.2, 0.25) is 0 Å². The van der Waals surface area contributed by atoms with Gasteiger partial charge in [-0.1, -0.05) is 13.3 Å². The molecule has 3 N–H and O–H groups in total. The van der Waals surface area contributed by atoms with Crippen LogP contribution in [0, 0.1) is 6.92 Å². The van der Waals surface area contributed by atoms with E-state index in [9.17, 15) is 0 Å². The maximum Gasteiger partial charge on any atom is 0.191 e. The molecule has 0 radical (unpaired) electrons. The topological polar surface area (TPSA) is 68.3 Å². The summed E-state index contributed by atoms with van der Waals surface area (Å²) >= 11 is 0. The Morgan fingerprint density at radius 1 is 1.35 bits per heavy atom. The minimum Gasteiger partial charge on any atom is -0.357 e. The van der Waals surface area contributed by atoms with Crippen molar-refractivity contribution in [1.29, 1.82) is 0 Å². The molecule has 1 aliphatic rings. The van der Waals surface area contributed by atoms with Crippen molar-refractivity contribution in [3.05, 3.63) is 17.5 Å². The molecular weight excluding hydrogens is 439 g/mol. The van der Waals surface area contributed by atoms with Crippen LogP contribution in [0.3, 0.4) is 0 Å². The molecule has 1 unspecified atom stereocenters. The van der Waals surface area contributed by atoms with Crippen LogP contribution in [0.1, 0.15) is 57.2 Å². The number of aromatic nitrogens is 2. The van der Waals surface area contributed by atoms with Gasteiger partial charge >= 0.3 is 0 Å². The number of rotatable bonds is 9. The van der Waals surface area contributed by atoms with Gasteiger partial charge in [-0.3, -0.25) is 15.0 Å². The van der Waals surface area contributed by atoms with E-state index in [0.717, 1.165) is 51.0 Å². The zero-order chi connectivity index (χ0) is 17.9. The number of nitrogens with one attached hydrogen (secondary N) is 3. The number of likely N-dealkylation sites (tertiary alicyclic amines) is 1. The molecule has 2 heterocycles. The molecule has 0 aliphatic carbocycles. The first kappa shape index (κ1) is 23.2. The van der Waals surface area contributed by atoms with E-state index in [0.29, 0.717) is 0 Å². The third-order valence-electron chi connectivity index (χ3n) is 5.06. The van der Waals surface area contributed by atoms with Crippen LogP contribution < -0.4 is 10.6 Å². The zero-order valence-electron chi connectivity index (χ0n) is 16.7. The Balaban J connectivity index is 0.00000338. The molecule has 1 aromatic heterocycles. The second-order valence-electron chi connectivity index (χ2n) is 6.91. The Hall–Kier alpha value is -0.830. The van der Waals surface area contributed by atoms with Crippen molar-refractivity contribution in [3.8, 4) is 0 Å². The highest BCUT2D eigenvalue weighted by atomic mass is 127. The molecule has 1 saturated heterocycles. The average molecular weight is 476 g/mol. The van der Waals surface area contributed by atoms with Gasteiger partial charge in [-0.2, -0.15) is 5.10 Å². The van der Waals surface area contributed by atoms with Gasteiger partial charge in [0, 0.05) is 37.9 Å². The van der Waals surface area contributed by atoms with Crippen LogP contribution in [-0.2, 0) is 6.42 Å². The molecule has 2 rings (SSSR count). The predicted molar refractivity (Wildman–Crippen MR) is 121 cm³/mol. The first-order valence-corrected chi connectivity index (χ1v) is 9.99. The summed E-state index contributed by atoms with van der Waals surface area (Å²) in [5.74, 6) is 0.941. The highest BCUT2D eigenvalue weighted by Gasteiger charge is 2.19. The summed E-state index contributed by atoms with van der Waals surface area (Å²) in [4.78, 5) is 7.35. The first-order chi connectivity index (χ1) is 12.2. The largest absolute Gasteiger partial charge is 0.357 e. The Morgan fingerprint density at radius 3 is 2.88 bits per heavy atom. The lowest BCUT2D eigenvalue weighted by Gasteiger charge is -2.35. The van der Waals surface area contributed by atoms with Crippen molar-refractivity contribution < 1.29 is 0 Å². The molecule has 0 aromatic carbocycles. The second-order valence-corrected chi connectivity index (χ2v) is 6.91. The van der Waals surface area contributed by atoms with Crippen LogP contribution in [0.2, 0.25) is 0 Å². The highest BCUT2D eigenvalue weighted by molar-refractivity contribution is 14.0. The van der Waals surface area contributed by atoms with E-state index < -0.39 is 0 Å². The maximum atomic E-state index is 4.71. The molecule has 1 aromatic rings. The smallest absolute Gasteiger partial charge is 0.191 e. The standard InChI is InChI=1S/C19H36N6.HI/c1-4-18-10-6-7-13-25(18)14-12-22-19(20-5-2)21-11-8-9-17-15-23-24-16(17)3;/h15,18H,4-14H2,1-3H3,(H,23,24)(H2,20,21,22);1H. The second kappa shape index (κ2) is 13.4. The summed E-state index contributed by atoms with van der Waals surface area (Å²) in [5.41, 5.74) is 2.46. The number of piperidine rings is 1. The van der Waals surface area contributed by atoms with Crippen molar-refractivity contribution in [2.45, 2.75) is 65.3 Å². The van der Waals surface area contributed by atoms with E-state index in [2.05, 4.69) is 46.5 Å². The number of hydrogen-bond donors (Lipinski definition) is 3. The Bertz CT molecular complexity index is 516. The minimum absolute atomic E-state index is 0. The summed E-state index contributed by atoms with van der Waals surface area (Å²) in [6.45, 7) is 11.5. The fourth-order valence-corrected chi connectivity index (χ4v) is 3.56. The van der Waals surface area contributed by atoms with Gasteiger partial charge in [-0.15, -0.1) is 24.0 Å². The number of aliphatic imine (C=N–C) groups is 1. The summed E-state index contributed by atoms with van der Waals surface area (Å²) in [5, 5.41) is 13.9. The van der Waals surface area contributed by atoms with Crippen LogP contribution in [0.25, 0.3) is 0 Å². The van der Waals surface area contributed by atoms with E-state index in [1.54, 1.807) is 0 Å². The van der Waals surface area contributed by atoms with Gasteiger partial charge in [-0.05, 0) is 58.1 Å². The van der Waals surface area contributed by atoms with Gasteiger partial charge in [0.25, 0.3) is 0 Å². The lowest BCUT2D eigenvalue weighted by molar-refractivity contribution is 0.147. The molecule has 150 valence electrons. The molecule has 0 saturated carbocycles. The van der Waals surface area contributed by atoms with Crippen LogP contribution in [0.5, 0.6) is 0 Å². The number of hydrogen-bond acceptors (Lipinski definition) is 3. The normalized spacial score (nSPS) is 18.4. The van der Waals surface area contributed by atoms with Gasteiger partial charge in [0.05, 0.1) is 6.20 Å². The number of H-pyrrole nitrogens is 1. The van der Waals surface area contributed by atoms with Crippen molar-refractivity contribution in [3.63, 3.8) is 0 Å². The summed E-state index contributed by atoms with van der Waals surface area (Å²) in [7, 11) is 0. The summed E-state index contributed by atoms with van der Waals surface area (Å²) in [6.07, 6.45) is 9.35. The van der Waals surface area contributed by atoms with Crippen molar-refractivity contribution in [2.75, 3.05) is 32.7 Å². The number of guanidine groups is 1. The third-order valence-corrected chi connectivity index (χ3v) is 5.06. The van der Waals surface area contributed by atoms with Crippen molar-refractivity contribution >= 4 is 29.9 Å². The lowest BCUT2D eigenvalue weighted by atomic mass is 10.0. The Morgan fingerprint density at radius 2 is 2.19 bits per heavy atom. The number of aryl methyl sites for hydroxylation is 2. The average Bonchev–Trinajstić information content (AvgIpc) is 3.04.